The number of hydrogen-bond acceptors (Lipinski definition) is 4. The highest BCUT2D eigenvalue weighted by molar-refractivity contribution is 6.27. The van der Waals surface area contributed by atoms with Gasteiger partial charge in [-0.25, -0.2) is 0 Å². The summed E-state index contributed by atoms with van der Waals surface area (Å²) in [6.45, 7) is 3.31. The highest BCUT2D eigenvalue weighted by atomic mass is 35.5. The van der Waals surface area contributed by atoms with Gasteiger partial charge in [0.25, 0.3) is 0 Å². The van der Waals surface area contributed by atoms with E-state index in [0.29, 0.717) is 25.2 Å². The van der Waals surface area contributed by atoms with E-state index < -0.39 is 0 Å². The molecule has 0 aliphatic carbocycles. The van der Waals surface area contributed by atoms with Crippen molar-refractivity contribution in [2.24, 2.45) is 0 Å². The molecule has 1 aromatic rings. The van der Waals surface area contributed by atoms with Crippen molar-refractivity contribution in [3.05, 3.63) is 23.8 Å². The van der Waals surface area contributed by atoms with Crippen LogP contribution in [0.4, 0.5) is 0 Å². The summed E-state index contributed by atoms with van der Waals surface area (Å²) in [5, 5.41) is 19.1. The van der Waals surface area contributed by atoms with Gasteiger partial charge in [0.15, 0.2) is 0 Å². The molecule has 1 amide bonds. The van der Waals surface area contributed by atoms with E-state index in [9.17, 15) is 15.0 Å². The number of carbonyl (C=O) groups excluding carboxylic acids is 1. The molecule has 0 aromatic heterocycles. The Morgan fingerprint density at radius 3 is 2.53 bits per heavy atom. The Bertz CT molecular complexity index is 459. The van der Waals surface area contributed by atoms with Crippen LogP contribution in [0.1, 0.15) is 5.56 Å². The minimum absolute atomic E-state index is 0.0212. The number of aromatic hydroxyl groups is 2. The van der Waals surface area contributed by atoms with Crippen molar-refractivity contribution < 1.29 is 15.0 Å². The third-order valence-electron chi connectivity index (χ3n) is 3.30. The van der Waals surface area contributed by atoms with Gasteiger partial charge in [0.05, 0.1) is 0 Å². The number of hydrogen-bond donors (Lipinski definition) is 2. The highest BCUT2D eigenvalue weighted by Gasteiger charge is 2.21. The Balaban J connectivity index is 1.92. The van der Waals surface area contributed by atoms with Gasteiger partial charge in [0.1, 0.15) is 17.4 Å². The maximum Gasteiger partial charge on any atom is 0.237 e. The lowest BCUT2D eigenvalue weighted by Crippen LogP contribution is -2.48. The van der Waals surface area contributed by atoms with Crippen molar-refractivity contribution in [1.82, 2.24) is 9.80 Å². The molecule has 0 bridgehead atoms. The zero-order chi connectivity index (χ0) is 13.8. The van der Waals surface area contributed by atoms with Crippen LogP contribution >= 0.6 is 11.6 Å². The third-order valence-corrected chi connectivity index (χ3v) is 3.52. The summed E-state index contributed by atoms with van der Waals surface area (Å²) in [4.78, 5) is 15.3. The number of rotatable bonds is 3. The van der Waals surface area contributed by atoms with Crippen LogP contribution in [-0.2, 0) is 11.3 Å². The number of nitrogens with zero attached hydrogens (tertiary/aromatic N) is 2. The van der Waals surface area contributed by atoms with E-state index in [-0.39, 0.29) is 23.3 Å². The second-order valence-electron chi connectivity index (χ2n) is 4.60. The van der Waals surface area contributed by atoms with Crippen molar-refractivity contribution in [3.63, 3.8) is 0 Å². The summed E-state index contributed by atoms with van der Waals surface area (Å²) in [6.07, 6.45) is 0. The summed E-state index contributed by atoms with van der Waals surface area (Å²) in [5.41, 5.74) is 0.692. The van der Waals surface area contributed by atoms with E-state index in [1.807, 2.05) is 0 Å². The van der Waals surface area contributed by atoms with Gasteiger partial charge in [-0.15, -0.1) is 11.6 Å². The predicted molar refractivity (Wildman–Crippen MR) is 72.3 cm³/mol. The van der Waals surface area contributed by atoms with E-state index in [0.717, 1.165) is 13.1 Å². The monoisotopic (exact) mass is 284 g/mol. The molecule has 0 spiro atoms. The zero-order valence-corrected chi connectivity index (χ0v) is 11.3. The number of benzene rings is 1. The average molecular weight is 285 g/mol. The van der Waals surface area contributed by atoms with Gasteiger partial charge in [-0.2, -0.15) is 0 Å². The van der Waals surface area contributed by atoms with Crippen molar-refractivity contribution in [3.8, 4) is 11.5 Å². The second-order valence-corrected chi connectivity index (χ2v) is 4.87. The Morgan fingerprint density at radius 1 is 1.21 bits per heavy atom. The van der Waals surface area contributed by atoms with Crippen molar-refractivity contribution in [1.29, 1.82) is 0 Å². The van der Waals surface area contributed by atoms with E-state index in [1.54, 1.807) is 11.0 Å². The predicted octanol–water partition coefficient (Wildman–Crippen LogP) is 0.981. The second kappa shape index (κ2) is 6.12. The summed E-state index contributed by atoms with van der Waals surface area (Å²) in [7, 11) is 0. The van der Waals surface area contributed by atoms with Crippen LogP contribution in [0.25, 0.3) is 0 Å². The van der Waals surface area contributed by atoms with Crippen molar-refractivity contribution >= 4 is 17.5 Å². The number of amides is 1. The van der Waals surface area contributed by atoms with Crippen LogP contribution < -0.4 is 0 Å². The first kappa shape index (κ1) is 14.0. The highest BCUT2D eigenvalue weighted by Crippen LogP contribution is 2.23. The molecule has 1 saturated heterocycles. The lowest BCUT2D eigenvalue weighted by molar-refractivity contribution is -0.130. The molecule has 104 valence electrons. The van der Waals surface area contributed by atoms with E-state index in [4.69, 9.17) is 11.6 Å². The van der Waals surface area contributed by atoms with Crippen LogP contribution in [0.3, 0.4) is 0 Å². The fourth-order valence-electron chi connectivity index (χ4n) is 2.18. The number of phenolic OH excluding ortho intramolecular Hbond substituents is 2. The maximum atomic E-state index is 11.4. The molecule has 5 nitrogen and oxygen atoms in total. The zero-order valence-electron chi connectivity index (χ0n) is 10.5. The maximum absolute atomic E-state index is 11.4. The molecule has 1 fully saturated rings. The van der Waals surface area contributed by atoms with Crippen molar-refractivity contribution in [2.75, 3.05) is 32.1 Å². The number of halogens is 1. The van der Waals surface area contributed by atoms with Crippen molar-refractivity contribution in [2.45, 2.75) is 6.54 Å². The molecule has 0 saturated carbocycles. The van der Waals surface area contributed by atoms with Crippen LogP contribution in [0.5, 0.6) is 11.5 Å². The number of phenols is 2. The first-order chi connectivity index (χ1) is 9.10. The molecular weight excluding hydrogens is 268 g/mol. The molecule has 1 aromatic carbocycles. The SMILES string of the molecule is O=C(CCl)N1CCN(Cc2cc(O)ccc2O)CC1. The molecule has 1 aliphatic rings. The number of piperazine rings is 1. The number of alkyl halides is 1. The third kappa shape index (κ3) is 3.52. The lowest BCUT2D eigenvalue weighted by Gasteiger charge is -2.34. The Kier molecular flexibility index (Phi) is 4.50. The van der Waals surface area contributed by atoms with Gasteiger partial charge in [0, 0.05) is 38.3 Å². The van der Waals surface area contributed by atoms with Gasteiger partial charge in [-0.3, -0.25) is 9.69 Å². The smallest absolute Gasteiger partial charge is 0.237 e. The van der Waals surface area contributed by atoms with Gasteiger partial charge in [0.2, 0.25) is 5.91 Å². The topological polar surface area (TPSA) is 64.0 Å². The quantitative estimate of drug-likeness (QED) is 0.642. The molecule has 2 rings (SSSR count). The van der Waals surface area contributed by atoms with Gasteiger partial charge < -0.3 is 15.1 Å². The first-order valence-corrected chi connectivity index (χ1v) is 6.70. The lowest BCUT2D eigenvalue weighted by atomic mass is 10.1. The molecular formula is C13H17ClN2O3. The Morgan fingerprint density at radius 2 is 1.89 bits per heavy atom. The average Bonchev–Trinajstić information content (AvgIpc) is 2.43. The fourth-order valence-corrected chi connectivity index (χ4v) is 2.35. The normalized spacial score (nSPS) is 16.6. The van der Waals surface area contributed by atoms with E-state index in [1.165, 1.54) is 12.1 Å². The summed E-state index contributed by atoms with van der Waals surface area (Å²) in [5.74, 6) is 0.301. The molecule has 0 radical (unpaired) electrons. The standard InChI is InChI=1S/C13H17ClN2O3/c14-8-13(19)16-5-3-15(4-6-16)9-10-7-11(17)1-2-12(10)18/h1-2,7,17-18H,3-6,8-9H2. The molecule has 0 atom stereocenters. The van der Waals surface area contributed by atoms with E-state index in [2.05, 4.69) is 4.90 Å². The van der Waals surface area contributed by atoms with Gasteiger partial charge in [-0.1, -0.05) is 0 Å². The van der Waals surface area contributed by atoms with Crippen LogP contribution in [0.15, 0.2) is 18.2 Å². The first-order valence-electron chi connectivity index (χ1n) is 6.17. The van der Waals surface area contributed by atoms with E-state index >= 15 is 0 Å². The molecule has 1 heterocycles. The molecule has 19 heavy (non-hydrogen) atoms. The molecule has 2 N–H and O–H groups in total. The summed E-state index contributed by atoms with van der Waals surface area (Å²) >= 11 is 5.52. The molecule has 0 unspecified atom stereocenters. The molecule has 6 heteroatoms. The largest absolute Gasteiger partial charge is 0.508 e. The fraction of sp³-hybridized carbons (Fsp3) is 0.462. The minimum atomic E-state index is -0.0403. The van der Waals surface area contributed by atoms with Crippen LogP contribution in [0.2, 0.25) is 0 Å². The van der Waals surface area contributed by atoms with Gasteiger partial charge >= 0.3 is 0 Å². The summed E-state index contributed by atoms with van der Waals surface area (Å²) in [6, 6.07) is 4.50. The van der Waals surface area contributed by atoms with Crippen LogP contribution in [0, 0.1) is 0 Å². The number of carbonyl (C=O) groups is 1. The summed E-state index contributed by atoms with van der Waals surface area (Å²) < 4.78 is 0. The minimum Gasteiger partial charge on any atom is -0.508 e. The Labute approximate surface area is 117 Å². The molecule has 1 aliphatic heterocycles. The van der Waals surface area contributed by atoms with Gasteiger partial charge in [-0.05, 0) is 18.2 Å². The Hall–Kier alpha value is -1.46. The van der Waals surface area contributed by atoms with Crippen LogP contribution in [-0.4, -0.2) is 58.0 Å².